The molecular formula is C16H11Cl3N3O4S-. The molecule has 11 heteroatoms. The van der Waals surface area contributed by atoms with Gasteiger partial charge in [0.2, 0.25) is 0 Å². The van der Waals surface area contributed by atoms with Gasteiger partial charge in [0.1, 0.15) is 22.5 Å². The number of hydrogen-bond acceptors (Lipinski definition) is 6. The Kier molecular flexibility index (Phi) is 5.92. The van der Waals surface area contributed by atoms with Gasteiger partial charge in [0, 0.05) is 39.9 Å². The fraction of sp³-hybridized carbons (Fsp3) is 0.125. The van der Waals surface area contributed by atoms with Crippen LogP contribution in [-0.4, -0.2) is 32.9 Å². The van der Waals surface area contributed by atoms with E-state index < -0.39 is 11.3 Å². The molecule has 0 radical (unpaired) electrons. The molecule has 1 unspecified atom stereocenters. The number of pyridine rings is 2. The molecule has 0 saturated carbocycles. The van der Waals surface area contributed by atoms with E-state index in [0.29, 0.717) is 33.5 Å². The quantitative estimate of drug-likeness (QED) is 0.457. The molecule has 0 bridgehead atoms. The summed E-state index contributed by atoms with van der Waals surface area (Å²) in [6.45, 7) is 0. The van der Waals surface area contributed by atoms with Gasteiger partial charge in [-0.15, -0.1) is 0 Å². The van der Waals surface area contributed by atoms with Gasteiger partial charge in [-0.3, -0.25) is 8.93 Å². The summed E-state index contributed by atoms with van der Waals surface area (Å²) >= 11 is 16.2. The van der Waals surface area contributed by atoms with Crippen LogP contribution in [-0.2, 0) is 11.3 Å². The van der Waals surface area contributed by atoms with E-state index in [9.17, 15) is 8.76 Å². The van der Waals surface area contributed by atoms with Crippen LogP contribution in [0, 0.1) is 0 Å². The van der Waals surface area contributed by atoms with Gasteiger partial charge in [-0.1, -0.05) is 34.8 Å². The number of rotatable bonds is 5. The number of nitrogens with zero attached hydrogens (tertiary/aromatic N) is 2. The Bertz CT molecular complexity index is 1040. The van der Waals surface area contributed by atoms with E-state index in [1.165, 1.54) is 26.5 Å². The maximum absolute atomic E-state index is 11.2. The molecule has 3 aromatic rings. The highest BCUT2D eigenvalue weighted by atomic mass is 35.5. The van der Waals surface area contributed by atoms with Crippen molar-refractivity contribution in [2.45, 2.75) is 0 Å². The second-order valence-electron chi connectivity index (χ2n) is 5.21. The van der Waals surface area contributed by atoms with E-state index in [1.54, 1.807) is 12.1 Å². The van der Waals surface area contributed by atoms with Crippen molar-refractivity contribution in [1.29, 1.82) is 0 Å². The summed E-state index contributed by atoms with van der Waals surface area (Å²) in [6.07, 6.45) is 1.49. The predicted molar refractivity (Wildman–Crippen MR) is 106 cm³/mol. The van der Waals surface area contributed by atoms with Crippen molar-refractivity contribution < 1.29 is 18.2 Å². The first-order chi connectivity index (χ1) is 12.8. The van der Waals surface area contributed by atoms with Crippen LogP contribution in [0.5, 0.6) is 11.5 Å². The highest BCUT2D eigenvalue weighted by molar-refractivity contribution is 7.80. The van der Waals surface area contributed by atoms with Gasteiger partial charge in [0.25, 0.3) is 0 Å². The Balaban J connectivity index is 2.35. The van der Waals surface area contributed by atoms with Gasteiger partial charge in [-0.25, -0.2) is 9.97 Å². The number of benzene rings is 1. The fourth-order valence-corrected chi connectivity index (χ4v) is 3.68. The highest BCUT2D eigenvalue weighted by Crippen LogP contribution is 2.46. The average molecular weight is 448 g/mol. The third-order valence-electron chi connectivity index (χ3n) is 3.69. The third-order valence-corrected chi connectivity index (χ3v) is 5.01. The van der Waals surface area contributed by atoms with E-state index in [0.717, 1.165) is 0 Å². The summed E-state index contributed by atoms with van der Waals surface area (Å²) < 4.78 is 35.1. The summed E-state index contributed by atoms with van der Waals surface area (Å²) in [6, 6.07) is 4.70. The minimum absolute atomic E-state index is 0.0500. The zero-order chi connectivity index (χ0) is 19.7. The highest BCUT2D eigenvalue weighted by Gasteiger charge is 2.21. The molecule has 0 aliphatic rings. The minimum Gasteiger partial charge on any atom is -0.755 e. The molecule has 1 aromatic carbocycles. The van der Waals surface area contributed by atoms with Gasteiger partial charge in [-0.05, 0) is 12.1 Å². The second kappa shape index (κ2) is 8.04. The van der Waals surface area contributed by atoms with E-state index in [2.05, 4.69) is 14.7 Å². The van der Waals surface area contributed by atoms with E-state index in [-0.39, 0.29) is 21.0 Å². The summed E-state index contributed by atoms with van der Waals surface area (Å²) in [7, 11) is 2.90. The molecule has 0 saturated heterocycles. The van der Waals surface area contributed by atoms with E-state index in [4.69, 9.17) is 44.3 Å². The van der Waals surface area contributed by atoms with Crippen LogP contribution in [0.1, 0.15) is 0 Å². The summed E-state index contributed by atoms with van der Waals surface area (Å²) in [5.74, 6) is 0.700. The molecule has 0 aliphatic heterocycles. The number of hydrogen-bond donors (Lipinski definition) is 1. The monoisotopic (exact) mass is 446 g/mol. The van der Waals surface area contributed by atoms with Crippen LogP contribution in [0.2, 0.25) is 15.2 Å². The molecule has 0 spiro atoms. The van der Waals surface area contributed by atoms with E-state index in [1.807, 2.05) is 0 Å². The molecule has 2 heterocycles. The van der Waals surface area contributed by atoms with Crippen molar-refractivity contribution in [2.24, 2.45) is 0 Å². The second-order valence-corrected chi connectivity index (χ2v) is 7.02. The zero-order valence-electron chi connectivity index (χ0n) is 13.9. The Labute approximate surface area is 172 Å². The van der Waals surface area contributed by atoms with Gasteiger partial charge < -0.3 is 14.0 Å². The van der Waals surface area contributed by atoms with Gasteiger partial charge in [-0.2, -0.15) is 0 Å². The van der Waals surface area contributed by atoms with Crippen LogP contribution in [0.4, 0.5) is 5.82 Å². The average Bonchev–Trinajstić information content (AvgIpc) is 2.62. The number of nitrogens with one attached hydrogen (secondary N) is 1. The molecule has 7 nitrogen and oxygen atoms in total. The maximum atomic E-state index is 11.2. The first-order valence-electron chi connectivity index (χ1n) is 7.28. The van der Waals surface area contributed by atoms with Crippen LogP contribution >= 0.6 is 34.8 Å². The molecule has 0 aliphatic carbocycles. The van der Waals surface area contributed by atoms with Crippen LogP contribution < -0.4 is 14.2 Å². The van der Waals surface area contributed by atoms with Crippen molar-refractivity contribution >= 4 is 62.7 Å². The molecule has 2 aromatic heterocycles. The number of anilines is 1. The molecule has 142 valence electrons. The fourth-order valence-electron chi connectivity index (χ4n) is 2.52. The first kappa shape index (κ1) is 19.9. The zero-order valence-corrected chi connectivity index (χ0v) is 17.0. The summed E-state index contributed by atoms with van der Waals surface area (Å²) in [5, 5.41) is 1.63. The molecule has 0 fully saturated rings. The van der Waals surface area contributed by atoms with Crippen molar-refractivity contribution in [3.05, 3.63) is 39.6 Å². The summed E-state index contributed by atoms with van der Waals surface area (Å²) in [4.78, 5) is 8.37. The topological polar surface area (TPSA) is 96.4 Å². The minimum atomic E-state index is -2.61. The van der Waals surface area contributed by atoms with E-state index >= 15 is 0 Å². The molecule has 3 rings (SSSR count). The SMILES string of the molecule is COc1cc(OC)c(Cl)c(-c2cc3cnc(Cl)cc3c(NS(=O)[O-])n2)c1Cl. The smallest absolute Gasteiger partial charge is 0.145 e. The first-order valence-corrected chi connectivity index (χ1v) is 9.49. The lowest BCUT2D eigenvalue weighted by Gasteiger charge is -2.17. The third kappa shape index (κ3) is 3.90. The van der Waals surface area contributed by atoms with Crippen LogP contribution in [0.25, 0.3) is 22.0 Å². The number of ether oxygens (including phenoxy) is 2. The molecular weight excluding hydrogens is 437 g/mol. The molecule has 1 N–H and O–H groups in total. The van der Waals surface area contributed by atoms with Crippen molar-refractivity contribution in [3.8, 4) is 22.8 Å². The maximum Gasteiger partial charge on any atom is 0.145 e. The predicted octanol–water partition coefficient (Wildman–Crippen LogP) is 4.48. The van der Waals surface area contributed by atoms with Gasteiger partial charge >= 0.3 is 0 Å². The Morgan fingerprint density at radius 3 is 2.26 bits per heavy atom. The lowest BCUT2D eigenvalue weighted by Crippen LogP contribution is -2.06. The normalized spacial score (nSPS) is 12.1. The Morgan fingerprint density at radius 2 is 1.70 bits per heavy atom. The van der Waals surface area contributed by atoms with Crippen LogP contribution in [0.15, 0.2) is 24.4 Å². The number of aromatic nitrogens is 2. The van der Waals surface area contributed by atoms with Gasteiger partial charge in [0.15, 0.2) is 0 Å². The molecule has 27 heavy (non-hydrogen) atoms. The standard InChI is InChI=1S/C16H12Cl3N3O4S/c1-25-10-5-11(26-2)15(19)13(14(10)18)9-3-7-6-20-12(17)4-8(7)16(21-9)22-27(23)24/h3-6H,1-2H3,(H,21,22)(H,23,24)/p-1. The van der Waals surface area contributed by atoms with Crippen molar-refractivity contribution in [2.75, 3.05) is 18.9 Å². The summed E-state index contributed by atoms with van der Waals surface area (Å²) in [5.41, 5.74) is 0.623. The molecule has 0 amide bonds. The van der Waals surface area contributed by atoms with Gasteiger partial charge in [0.05, 0.1) is 30.0 Å². The van der Waals surface area contributed by atoms with Crippen LogP contribution in [0.3, 0.4) is 0 Å². The molecule has 1 atom stereocenters. The van der Waals surface area contributed by atoms with Crippen molar-refractivity contribution in [3.63, 3.8) is 0 Å². The Morgan fingerprint density at radius 1 is 1.07 bits per heavy atom. The lowest BCUT2D eigenvalue weighted by atomic mass is 10.1. The number of fused-ring (bicyclic) bond motifs is 1. The van der Waals surface area contributed by atoms with Crippen molar-refractivity contribution in [1.82, 2.24) is 9.97 Å². The largest absolute Gasteiger partial charge is 0.755 e. The number of halogens is 3. The number of methoxy groups -OCH3 is 2. The lowest BCUT2D eigenvalue weighted by molar-refractivity contribution is 0.395. The Hall–Kier alpha value is -1.84.